The highest BCUT2D eigenvalue weighted by molar-refractivity contribution is 5.80. The summed E-state index contributed by atoms with van der Waals surface area (Å²) in [5.41, 5.74) is 1.69. The maximum atomic E-state index is 13.0. The highest BCUT2D eigenvalue weighted by Gasteiger charge is 2.40. The molecule has 1 aromatic carbocycles. The van der Waals surface area contributed by atoms with Crippen LogP contribution in [-0.4, -0.2) is 54.4 Å². The van der Waals surface area contributed by atoms with E-state index in [1.165, 1.54) is 10.8 Å². The predicted octanol–water partition coefficient (Wildman–Crippen LogP) is 1.04. The molecule has 2 atom stereocenters. The lowest BCUT2D eigenvalue weighted by Crippen LogP contribution is -2.47. The van der Waals surface area contributed by atoms with Gasteiger partial charge in [-0.3, -0.25) is 19.6 Å². The van der Waals surface area contributed by atoms with Gasteiger partial charge in [0.2, 0.25) is 5.91 Å². The van der Waals surface area contributed by atoms with Gasteiger partial charge in [-0.15, -0.1) is 0 Å². The fraction of sp³-hybridized carbons (Fsp3) is 0.400. The average molecular weight is 378 g/mol. The summed E-state index contributed by atoms with van der Waals surface area (Å²) in [6.45, 7) is 2.73. The van der Waals surface area contributed by atoms with Gasteiger partial charge >= 0.3 is 0 Å². The van der Waals surface area contributed by atoms with Gasteiger partial charge in [0, 0.05) is 38.3 Å². The second-order valence-corrected chi connectivity index (χ2v) is 7.68. The van der Waals surface area contributed by atoms with E-state index in [2.05, 4.69) is 32.1 Å². The van der Waals surface area contributed by atoms with E-state index < -0.39 is 0 Å². The van der Waals surface area contributed by atoms with Crippen molar-refractivity contribution in [3.63, 3.8) is 0 Å². The van der Waals surface area contributed by atoms with Crippen LogP contribution in [0.2, 0.25) is 0 Å². The number of carbonyl (C=O) groups excluding carboxylic acids is 1. The Balaban J connectivity index is 1.36. The number of piperidine rings is 1. The summed E-state index contributed by atoms with van der Waals surface area (Å²) in [4.78, 5) is 38.1. The van der Waals surface area contributed by atoms with Gasteiger partial charge in [-0.25, -0.2) is 9.97 Å². The van der Waals surface area contributed by atoms with Gasteiger partial charge in [0.05, 0.1) is 11.6 Å². The highest BCUT2D eigenvalue weighted by atomic mass is 16.2. The van der Waals surface area contributed by atoms with Gasteiger partial charge in [0.15, 0.2) is 0 Å². The molecule has 3 aliphatic heterocycles. The average Bonchev–Trinajstić information content (AvgIpc) is 3.02. The van der Waals surface area contributed by atoms with E-state index in [0.29, 0.717) is 31.1 Å². The Labute approximate surface area is 161 Å². The van der Waals surface area contributed by atoms with Gasteiger partial charge in [-0.2, -0.15) is 4.52 Å². The lowest BCUT2D eigenvalue weighted by molar-refractivity contribution is -0.140. The fourth-order valence-electron chi connectivity index (χ4n) is 4.43. The third kappa shape index (κ3) is 3.09. The maximum absolute atomic E-state index is 13.0. The molecule has 1 amide bonds. The van der Waals surface area contributed by atoms with Crippen LogP contribution in [0.25, 0.3) is 5.78 Å². The molecular formula is C20H22N6O2. The zero-order valence-electron chi connectivity index (χ0n) is 15.5. The molecule has 6 rings (SSSR count). The second kappa shape index (κ2) is 6.87. The molecule has 1 N–H and O–H groups in total. The van der Waals surface area contributed by atoms with Crippen molar-refractivity contribution in [2.45, 2.75) is 32.0 Å². The molecule has 0 radical (unpaired) electrons. The van der Waals surface area contributed by atoms with Crippen molar-refractivity contribution in [3.8, 4) is 0 Å². The SMILES string of the molecule is O=C1[C@H]2CC[C@H](CN(Cc3cc(=O)n4[nH]cnc4n3)C2)N1Cc1ccccc1. The molecule has 2 aromatic heterocycles. The van der Waals surface area contributed by atoms with Crippen LogP contribution in [0, 0.1) is 5.92 Å². The molecule has 0 spiro atoms. The number of carbonyl (C=O) groups is 1. The van der Waals surface area contributed by atoms with E-state index in [1.807, 2.05) is 23.1 Å². The van der Waals surface area contributed by atoms with Gasteiger partial charge < -0.3 is 4.90 Å². The molecule has 5 heterocycles. The van der Waals surface area contributed by atoms with Gasteiger partial charge in [0.1, 0.15) is 6.33 Å². The first kappa shape index (κ1) is 17.1. The third-order valence-electron chi connectivity index (χ3n) is 5.77. The number of hydrogen-bond donors (Lipinski definition) is 1. The van der Waals surface area contributed by atoms with Crippen LogP contribution < -0.4 is 5.56 Å². The number of nitrogens with zero attached hydrogens (tertiary/aromatic N) is 5. The molecule has 3 aromatic rings. The van der Waals surface area contributed by atoms with E-state index in [4.69, 9.17) is 0 Å². The fourth-order valence-corrected chi connectivity index (χ4v) is 4.43. The van der Waals surface area contributed by atoms with Gasteiger partial charge in [-0.05, 0) is 18.4 Å². The standard InChI is InChI=1S/C20H22N6O2/c27-18-8-16(23-20-21-13-22-26(18)20)11-24-10-15-6-7-17(12-24)25(19(15)28)9-14-4-2-1-3-5-14/h1-5,8,13,15,17H,6-7,9-12H2,(H,21,22,23)/t15-,17+/m0/s1. The minimum absolute atomic E-state index is 0.0117. The maximum Gasteiger partial charge on any atom is 0.274 e. The highest BCUT2D eigenvalue weighted by Crippen LogP contribution is 2.30. The van der Waals surface area contributed by atoms with E-state index >= 15 is 0 Å². The molecule has 8 heteroatoms. The number of hydrogen-bond acceptors (Lipinski definition) is 5. The van der Waals surface area contributed by atoms with Gasteiger partial charge in [0.25, 0.3) is 11.3 Å². The Morgan fingerprint density at radius 3 is 2.79 bits per heavy atom. The van der Waals surface area contributed by atoms with Crippen molar-refractivity contribution in [1.82, 2.24) is 29.4 Å². The number of benzene rings is 1. The molecule has 3 saturated heterocycles. The first-order valence-corrected chi connectivity index (χ1v) is 9.66. The van der Waals surface area contributed by atoms with Crippen LogP contribution >= 0.6 is 0 Å². The number of aromatic amines is 1. The zero-order chi connectivity index (χ0) is 19.1. The summed E-state index contributed by atoms with van der Waals surface area (Å²) in [6.07, 6.45) is 3.41. The molecule has 0 saturated carbocycles. The number of nitrogens with one attached hydrogen (secondary N) is 1. The van der Waals surface area contributed by atoms with Gasteiger partial charge in [-0.1, -0.05) is 30.3 Å². The van der Waals surface area contributed by atoms with Crippen molar-refractivity contribution < 1.29 is 4.79 Å². The first-order chi connectivity index (χ1) is 13.7. The molecular weight excluding hydrogens is 356 g/mol. The number of fused-ring (bicyclic) bond motifs is 5. The van der Waals surface area contributed by atoms with E-state index in [0.717, 1.165) is 24.9 Å². The molecule has 3 fully saturated rings. The summed E-state index contributed by atoms with van der Waals surface area (Å²) in [5, 5.41) is 2.75. The summed E-state index contributed by atoms with van der Waals surface area (Å²) >= 11 is 0. The molecule has 0 unspecified atom stereocenters. The van der Waals surface area contributed by atoms with Crippen molar-refractivity contribution in [2.75, 3.05) is 13.1 Å². The number of rotatable bonds is 4. The van der Waals surface area contributed by atoms with Crippen molar-refractivity contribution in [1.29, 1.82) is 0 Å². The van der Waals surface area contributed by atoms with Crippen LogP contribution in [0.4, 0.5) is 0 Å². The van der Waals surface area contributed by atoms with Crippen LogP contribution in [0.5, 0.6) is 0 Å². The molecule has 0 aliphatic carbocycles. The Morgan fingerprint density at radius 2 is 1.93 bits per heavy atom. The molecule has 28 heavy (non-hydrogen) atoms. The minimum atomic E-state index is -0.169. The number of H-pyrrole nitrogens is 1. The zero-order valence-corrected chi connectivity index (χ0v) is 15.5. The van der Waals surface area contributed by atoms with Crippen molar-refractivity contribution >= 4 is 11.7 Å². The van der Waals surface area contributed by atoms with E-state index in [-0.39, 0.29) is 23.4 Å². The smallest absolute Gasteiger partial charge is 0.274 e. The van der Waals surface area contributed by atoms with Crippen LogP contribution in [0.1, 0.15) is 24.1 Å². The van der Waals surface area contributed by atoms with E-state index in [1.54, 1.807) is 6.07 Å². The number of amides is 1. The predicted molar refractivity (Wildman–Crippen MR) is 102 cm³/mol. The summed E-state index contributed by atoms with van der Waals surface area (Å²) in [6, 6.07) is 11.9. The van der Waals surface area contributed by atoms with Crippen molar-refractivity contribution in [3.05, 3.63) is 64.3 Å². The normalized spacial score (nSPS) is 22.7. The largest absolute Gasteiger partial charge is 0.334 e. The Bertz CT molecular complexity index is 1060. The topological polar surface area (TPSA) is 86.6 Å². The second-order valence-electron chi connectivity index (χ2n) is 7.68. The lowest BCUT2D eigenvalue weighted by atomic mass is 9.93. The Kier molecular flexibility index (Phi) is 4.20. The van der Waals surface area contributed by atoms with Crippen LogP contribution in [-0.2, 0) is 17.9 Å². The lowest BCUT2D eigenvalue weighted by Gasteiger charge is -2.36. The summed E-state index contributed by atoms with van der Waals surface area (Å²) in [7, 11) is 0. The molecule has 8 nitrogen and oxygen atoms in total. The summed E-state index contributed by atoms with van der Waals surface area (Å²) < 4.78 is 1.32. The molecule has 2 bridgehead atoms. The van der Waals surface area contributed by atoms with E-state index in [9.17, 15) is 9.59 Å². The Morgan fingerprint density at radius 1 is 1.07 bits per heavy atom. The van der Waals surface area contributed by atoms with Crippen LogP contribution in [0.3, 0.4) is 0 Å². The monoisotopic (exact) mass is 378 g/mol. The Hall–Kier alpha value is -3.00. The third-order valence-corrected chi connectivity index (χ3v) is 5.77. The van der Waals surface area contributed by atoms with Crippen LogP contribution in [0.15, 0.2) is 47.5 Å². The number of aromatic nitrogens is 4. The molecule has 144 valence electrons. The molecule has 3 aliphatic rings. The minimum Gasteiger partial charge on any atom is -0.334 e. The summed E-state index contributed by atoms with van der Waals surface area (Å²) in [5.74, 6) is 0.637. The van der Waals surface area contributed by atoms with Crippen molar-refractivity contribution in [2.24, 2.45) is 5.92 Å². The first-order valence-electron chi connectivity index (χ1n) is 9.66. The quantitative estimate of drug-likeness (QED) is 0.733.